The number of rotatable bonds is 3. The third kappa shape index (κ3) is 4.00. The van der Waals surface area contributed by atoms with Gasteiger partial charge in [-0.15, -0.1) is 0 Å². The third-order valence-corrected chi connectivity index (χ3v) is 8.41. The third-order valence-electron chi connectivity index (χ3n) is 5.81. The summed E-state index contributed by atoms with van der Waals surface area (Å²) >= 11 is 0. The van der Waals surface area contributed by atoms with Gasteiger partial charge >= 0.3 is 0 Å². The number of aromatic nitrogens is 6. The summed E-state index contributed by atoms with van der Waals surface area (Å²) in [6.45, 7) is 7.59. The molecule has 3 rings (SSSR count). The van der Waals surface area contributed by atoms with E-state index in [-0.39, 0.29) is 16.7 Å². The normalized spacial score (nSPS) is 11.0. The van der Waals surface area contributed by atoms with E-state index in [4.69, 9.17) is 0 Å². The molecule has 0 spiro atoms. The molecule has 0 amide bonds. The SMILES string of the molecule is Cc1c(C)n(C)n(C)c1=O.Cc1c(SSc2c(C)n(C)n(C)c2=O)c(=O)n(C)n1C. The lowest BCUT2D eigenvalue weighted by molar-refractivity contribution is 0.567. The number of hydrogen-bond acceptors (Lipinski definition) is 5. The molecule has 0 aliphatic heterocycles. The van der Waals surface area contributed by atoms with Crippen LogP contribution in [0, 0.1) is 27.7 Å². The van der Waals surface area contributed by atoms with Crippen molar-refractivity contribution in [2.45, 2.75) is 37.5 Å². The maximum atomic E-state index is 12.1. The van der Waals surface area contributed by atoms with Crippen LogP contribution in [-0.4, -0.2) is 28.1 Å². The fourth-order valence-corrected chi connectivity index (χ4v) is 5.63. The monoisotopic (exact) mass is 454 g/mol. The van der Waals surface area contributed by atoms with Crippen molar-refractivity contribution in [1.29, 1.82) is 0 Å². The van der Waals surface area contributed by atoms with Gasteiger partial charge in [0.25, 0.3) is 16.7 Å². The van der Waals surface area contributed by atoms with E-state index < -0.39 is 0 Å². The van der Waals surface area contributed by atoms with Crippen LogP contribution in [0.3, 0.4) is 0 Å². The lowest BCUT2D eigenvalue weighted by Gasteiger charge is -2.01. The molecule has 3 aromatic rings. The van der Waals surface area contributed by atoms with Crippen LogP contribution < -0.4 is 16.7 Å². The molecule has 0 aliphatic carbocycles. The van der Waals surface area contributed by atoms with Crippen molar-refractivity contribution in [1.82, 2.24) is 28.1 Å². The van der Waals surface area contributed by atoms with Gasteiger partial charge in [0.2, 0.25) is 0 Å². The largest absolute Gasteiger partial charge is 0.290 e. The molecule has 0 saturated heterocycles. The zero-order valence-electron chi connectivity index (χ0n) is 19.2. The smallest absolute Gasteiger partial charge is 0.281 e. The molecule has 166 valence electrons. The quantitative estimate of drug-likeness (QED) is 0.561. The van der Waals surface area contributed by atoms with Gasteiger partial charge in [0.1, 0.15) is 9.79 Å². The van der Waals surface area contributed by atoms with E-state index in [1.807, 2.05) is 53.5 Å². The van der Waals surface area contributed by atoms with Gasteiger partial charge in [-0.25, -0.2) is 0 Å². The molecule has 0 saturated carbocycles. The van der Waals surface area contributed by atoms with Crippen LogP contribution in [-0.2, 0) is 42.3 Å². The minimum absolute atomic E-state index is 0.0343. The maximum absolute atomic E-state index is 12.1. The average Bonchev–Trinajstić information content (AvgIpc) is 3.10. The second kappa shape index (κ2) is 8.84. The molecule has 9 nitrogen and oxygen atoms in total. The number of hydrogen-bond donors (Lipinski definition) is 0. The van der Waals surface area contributed by atoms with E-state index in [0.29, 0.717) is 9.79 Å². The van der Waals surface area contributed by atoms with Gasteiger partial charge in [0.05, 0.1) is 11.4 Å². The first-order valence-electron chi connectivity index (χ1n) is 9.31. The summed E-state index contributed by atoms with van der Waals surface area (Å²) in [5, 5.41) is 0. The van der Waals surface area contributed by atoms with Crippen molar-refractivity contribution in [2.24, 2.45) is 42.3 Å². The second-order valence-corrected chi connectivity index (χ2v) is 9.41. The maximum Gasteiger partial charge on any atom is 0.281 e. The van der Waals surface area contributed by atoms with Crippen LogP contribution in [0.5, 0.6) is 0 Å². The van der Waals surface area contributed by atoms with Gasteiger partial charge in [0, 0.05) is 53.5 Å². The summed E-state index contributed by atoms with van der Waals surface area (Å²) in [7, 11) is 13.5. The molecule has 0 unspecified atom stereocenters. The van der Waals surface area contributed by atoms with Crippen molar-refractivity contribution >= 4 is 21.6 Å². The highest BCUT2D eigenvalue weighted by Crippen LogP contribution is 2.37. The summed E-state index contributed by atoms with van der Waals surface area (Å²) in [6, 6.07) is 0. The first-order chi connectivity index (χ1) is 13.8. The van der Waals surface area contributed by atoms with Crippen LogP contribution in [0.15, 0.2) is 24.2 Å². The predicted octanol–water partition coefficient (Wildman–Crippen LogP) is 1.52. The lowest BCUT2D eigenvalue weighted by Crippen LogP contribution is -2.18. The molecular formula is C19H30N6O3S2. The van der Waals surface area contributed by atoms with Gasteiger partial charge in [-0.2, -0.15) is 0 Å². The Balaban J connectivity index is 0.000000269. The second-order valence-electron chi connectivity index (χ2n) is 7.26. The minimum Gasteiger partial charge on any atom is -0.290 e. The Kier molecular flexibility index (Phi) is 7.08. The molecule has 0 N–H and O–H groups in total. The first kappa shape index (κ1) is 24.0. The summed E-state index contributed by atoms with van der Waals surface area (Å²) in [5.74, 6) is 0. The predicted molar refractivity (Wildman–Crippen MR) is 123 cm³/mol. The first-order valence-corrected chi connectivity index (χ1v) is 11.5. The van der Waals surface area contributed by atoms with Gasteiger partial charge in [-0.05, 0) is 49.3 Å². The molecule has 11 heteroatoms. The van der Waals surface area contributed by atoms with Gasteiger partial charge < -0.3 is 0 Å². The van der Waals surface area contributed by atoms with Crippen molar-refractivity contribution < 1.29 is 0 Å². The van der Waals surface area contributed by atoms with Crippen LogP contribution >= 0.6 is 21.6 Å². The van der Waals surface area contributed by atoms with Crippen molar-refractivity contribution in [3.63, 3.8) is 0 Å². The number of nitrogens with zero attached hydrogens (tertiary/aromatic N) is 6. The Morgan fingerprint density at radius 3 is 0.933 bits per heavy atom. The fourth-order valence-electron chi connectivity index (χ4n) is 2.90. The van der Waals surface area contributed by atoms with E-state index in [9.17, 15) is 14.4 Å². The molecule has 0 bridgehead atoms. The van der Waals surface area contributed by atoms with Crippen molar-refractivity contribution in [2.75, 3.05) is 0 Å². The Morgan fingerprint density at radius 1 is 0.467 bits per heavy atom. The van der Waals surface area contributed by atoms with E-state index in [1.165, 1.54) is 21.6 Å². The minimum atomic E-state index is -0.0343. The Morgan fingerprint density at radius 2 is 0.767 bits per heavy atom. The van der Waals surface area contributed by atoms with Crippen LogP contribution in [0.25, 0.3) is 0 Å². The van der Waals surface area contributed by atoms with Gasteiger partial charge in [0.15, 0.2) is 0 Å². The molecule has 30 heavy (non-hydrogen) atoms. The Labute approximate surface area is 183 Å². The average molecular weight is 455 g/mol. The van der Waals surface area contributed by atoms with Crippen molar-refractivity contribution in [3.8, 4) is 0 Å². The van der Waals surface area contributed by atoms with E-state index in [1.54, 1.807) is 44.6 Å². The molecule has 0 aromatic carbocycles. The molecule has 0 aliphatic rings. The summed E-state index contributed by atoms with van der Waals surface area (Å²) in [6.07, 6.45) is 0. The summed E-state index contributed by atoms with van der Waals surface area (Å²) in [4.78, 5) is 36.7. The molecular weight excluding hydrogens is 424 g/mol. The van der Waals surface area contributed by atoms with E-state index in [2.05, 4.69) is 0 Å². The highest BCUT2D eigenvalue weighted by atomic mass is 33.1. The molecule has 3 heterocycles. The van der Waals surface area contributed by atoms with Crippen LogP contribution in [0.2, 0.25) is 0 Å². The molecule has 0 fully saturated rings. The lowest BCUT2D eigenvalue weighted by atomic mass is 10.3. The van der Waals surface area contributed by atoms with Crippen LogP contribution in [0.1, 0.15) is 22.6 Å². The molecule has 0 radical (unpaired) electrons. The summed E-state index contributed by atoms with van der Waals surface area (Å²) < 4.78 is 10.2. The van der Waals surface area contributed by atoms with Crippen molar-refractivity contribution in [3.05, 3.63) is 53.7 Å². The highest BCUT2D eigenvalue weighted by molar-refractivity contribution is 8.76. The van der Waals surface area contributed by atoms with E-state index >= 15 is 0 Å². The standard InChI is InChI=1S/C12H18N4O2S2.C7H12N2O/c1-7-9(11(17)15(5)13(7)3)19-20-10-8(2)14(4)16(6)12(10)18;1-5-6(2)8(3)9(4)7(5)10/h1-6H3;1-4H3. The Bertz CT molecular complexity index is 1170. The van der Waals surface area contributed by atoms with Gasteiger partial charge in [-0.1, -0.05) is 0 Å². The zero-order chi connectivity index (χ0) is 23.1. The van der Waals surface area contributed by atoms with Gasteiger partial charge in [-0.3, -0.25) is 42.5 Å². The molecule has 3 aromatic heterocycles. The van der Waals surface area contributed by atoms with Crippen LogP contribution in [0.4, 0.5) is 0 Å². The molecule has 0 atom stereocenters. The highest BCUT2D eigenvalue weighted by Gasteiger charge is 2.18. The Hall–Kier alpha value is -2.27. The fraction of sp³-hybridized carbons (Fsp3) is 0.526. The van der Waals surface area contributed by atoms with E-state index in [0.717, 1.165) is 22.6 Å². The topological polar surface area (TPSA) is 80.8 Å². The summed E-state index contributed by atoms with van der Waals surface area (Å²) in [5.41, 5.74) is 3.71. The zero-order valence-corrected chi connectivity index (χ0v) is 20.9.